The summed E-state index contributed by atoms with van der Waals surface area (Å²) >= 11 is 0. The lowest BCUT2D eigenvalue weighted by Crippen LogP contribution is -2.45. The molecular formula is C21H31N3O6. The largest absolute Gasteiger partial charge is 0.444 e. The van der Waals surface area contributed by atoms with E-state index in [1.165, 1.54) is 12.1 Å². The van der Waals surface area contributed by atoms with E-state index < -0.39 is 29.7 Å². The van der Waals surface area contributed by atoms with Gasteiger partial charge >= 0.3 is 18.0 Å². The Bertz CT molecular complexity index is 715. The van der Waals surface area contributed by atoms with Gasteiger partial charge in [-0.3, -0.25) is 4.79 Å². The smallest absolute Gasteiger partial charge is 0.408 e. The van der Waals surface area contributed by atoms with Gasteiger partial charge in [0, 0.05) is 19.5 Å². The molecule has 0 bridgehead atoms. The van der Waals surface area contributed by atoms with Crippen LogP contribution in [-0.2, 0) is 19.1 Å². The summed E-state index contributed by atoms with van der Waals surface area (Å²) in [6.07, 6.45) is -0.932. The molecule has 30 heavy (non-hydrogen) atoms. The molecule has 1 rings (SSSR count). The Labute approximate surface area is 176 Å². The summed E-state index contributed by atoms with van der Waals surface area (Å²) in [7, 11) is 0. The monoisotopic (exact) mass is 421 g/mol. The van der Waals surface area contributed by atoms with Gasteiger partial charge in [0.05, 0.1) is 5.56 Å². The van der Waals surface area contributed by atoms with Crippen molar-refractivity contribution in [1.82, 2.24) is 16.0 Å². The fourth-order valence-corrected chi connectivity index (χ4v) is 2.33. The average molecular weight is 421 g/mol. The number of hydrogen-bond donors (Lipinski definition) is 3. The summed E-state index contributed by atoms with van der Waals surface area (Å²) in [5, 5.41) is 8.16. The zero-order valence-corrected chi connectivity index (χ0v) is 17.9. The van der Waals surface area contributed by atoms with Crippen molar-refractivity contribution in [2.45, 2.75) is 52.2 Å². The highest BCUT2D eigenvalue weighted by Gasteiger charge is 2.28. The molecule has 166 valence electrons. The average Bonchev–Trinajstić information content (AvgIpc) is 2.67. The molecule has 0 aliphatic heterocycles. The third-order valence-corrected chi connectivity index (χ3v) is 3.71. The van der Waals surface area contributed by atoms with Gasteiger partial charge in [0.1, 0.15) is 11.6 Å². The zero-order valence-electron chi connectivity index (χ0n) is 17.9. The predicted molar refractivity (Wildman–Crippen MR) is 111 cm³/mol. The minimum absolute atomic E-state index is 0.0405. The summed E-state index contributed by atoms with van der Waals surface area (Å²) < 4.78 is 10.0. The Hall–Kier alpha value is -2.94. The Morgan fingerprint density at radius 1 is 1.03 bits per heavy atom. The minimum atomic E-state index is -1.22. The first-order valence-electron chi connectivity index (χ1n) is 9.90. The molecule has 0 aromatic heterocycles. The fraction of sp³-hybridized carbons (Fsp3) is 0.524. The molecule has 0 saturated carbocycles. The third kappa shape index (κ3) is 10.6. The number of carbonyl (C=O) groups is 4. The van der Waals surface area contributed by atoms with Crippen LogP contribution in [0.5, 0.6) is 0 Å². The van der Waals surface area contributed by atoms with Crippen LogP contribution in [0.25, 0.3) is 0 Å². The number of ether oxygens (including phenoxy) is 2. The molecule has 3 N–H and O–H groups in total. The molecule has 0 fully saturated rings. The van der Waals surface area contributed by atoms with Crippen LogP contribution in [0.3, 0.4) is 0 Å². The number of alkyl carbamates (subject to hydrolysis) is 1. The van der Waals surface area contributed by atoms with Gasteiger partial charge in [-0.2, -0.15) is 0 Å². The van der Waals surface area contributed by atoms with E-state index in [2.05, 4.69) is 16.0 Å². The van der Waals surface area contributed by atoms with Crippen molar-refractivity contribution in [3.8, 4) is 0 Å². The molecule has 1 aromatic carbocycles. The number of hydrogen-bond acceptors (Lipinski definition) is 7. The van der Waals surface area contributed by atoms with Crippen LogP contribution < -0.4 is 16.0 Å². The second-order valence-corrected chi connectivity index (χ2v) is 7.52. The Balaban J connectivity index is 2.71. The molecule has 9 nitrogen and oxygen atoms in total. The van der Waals surface area contributed by atoms with Crippen molar-refractivity contribution in [1.29, 1.82) is 0 Å². The number of esters is 2. The van der Waals surface area contributed by atoms with Crippen LogP contribution in [0.1, 0.15) is 50.9 Å². The Morgan fingerprint density at radius 3 is 2.30 bits per heavy atom. The Kier molecular flexibility index (Phi) is 10.5. The van der Waals surface area contributed by atoms with Gasteiger partial charge in [0.2, 0.25) is 5.91 Å². The van der Waals surface area contributed by atoms with Crippen LogP contribution in [0.4, 0.5) is 4.79 Å². The molecule has 2 amide bonds. The highest BCUT2D eigenvalue weighted by Crippen LogP contribution is 2.09. The quantitative estimate of drug-likeness (QED) is 0.299. The van der Waals surface area contributed by atoms with E-state index >= 15 is 0 Å². The summed E-state index contributed by atoms with van der Waals surface area (Å²) in [6.45, 7) is 8.84. The van der Waals surface area contributed by atoms with Gasteiger partial charge in [-0.25, -0.2) is 14.4 Å². The molecule has 1 unspecified atom stereocenters. The highest BCUT2D eigenvalue weighted by atomic mass is 16.6. The maximum atomic E-state index is 12.5. The zero-order chi connectivity index (χ0) is 22.6. The number of benzene rings is 1. The lowest BCUT2D eigenvalue weighted by Gasteiger charge is -2.22. The third-order valence-electron chi connectivity index (χ3n) is 3.71. The topological polar surface area (TPSA) is 123 Å². The number of amides is 2. The lowest BCUT2D eigenvalue weighted by molar-refractivity contribution is -0.140. The molecule has 0 spiro atoms. The molecular weight excluding hydrogens is 390 g/mol. The highest BCUT2D eigenvalue weighted by molar-refractivity contribution is 5.98. The normalized spacial score (nSPS) is 11.9. The van der Waals surface area contributed by atoms with Crippen LogP contribution in [0.2, 0.25) is 0 Å². The molecule has 0 saturated heterocycles. The molecule has 9 heteroatoms. The van der Waals surface area contributed by atoms with Crippen molar-refractivity contribution in [2.75, 3.05) is 19.6 Å². The van der Waals surface area contributed by atoms with Gasteiger partial charge in [0.15, 0.2) is 0 Å². The van der Waals surface area contributed by atoms with Crippen molar-refractivity contribution in [2.24, 2.45) is 0 Å². The van der Waals surface area contributed by atoms with Crippen LogP contribution >= 0.6 is 0 Å². The Morgan fingerprint density at radius 2 is 1.70 bits per heavy atom. The molecule has 0 radical (unpaired) electrons. The SMILES string of the molecule is CCNCCNC(=O)CCC(NC(=O)OC(C)(C)C)C(=O)OC(=O)c1ccccc1. The molecule has 0 aliphatic rings. The van der Waals surface area contributed by atoms with E-state index in [1.54, 1.807) is 39.0 Å². The molecule has 0 aliphatic carbocycles. The summed E-state index contributed by atoms with van der Waals surface area (Å²) in [4.78, 5) is 48.7. The molecule has 1 aromatic rings. The van der Waals surface area contributed by atoms with Crippen molar-refractivity contribution < 1.29 is 28.7 Å². The van der Waals surface area contributed by atoms with Crippen LogP contribution in [0, 0.1) is 0 Å². The standard InChI is InChI=1S/C21H31N3O6/c1-5-22-13-14-23-17(25)12-11-16(24-20(28)30-21(2,3)4)19(27)29-18(26)15-9-7-6-8-10-15/h6-10,16,22H,5,11-14H2,1-4H3,(H,23,25)(H,24,28). The lowest BCUT2D eigenvalue weighted by atomic mass is 10.1. The first kappa shape index (κ1) is 25.1. The van der Waals surface area contributed by atoms with E-state index in [1.807, 2.05) is 6.92 Å². The number of carbonyl (C=O) groups excluding carboxylic acids is 4. The fourth-order valence-electron chi connectivity index (χ4n) is 2.33. The number of nitrogens with one attached hydrogen (secondary N) is 3. The second kappa shape index (κ2) is 12.6. The van der Waals surface area contributed by atoms with Gasteiger partial charge in [0.25, 0.3) is 0 Å². The minimum Gasteiger partial charge on any atom is -0.444 e. The summed E-state index contributed by atoms with van der Waals surface area (Å²) in [5.41, 5.74) is -0.578. The van der Waals surface area contributed by atoms with Crippen molar-refractivity contribution in [3.63, 3.8) is 0 Å². The van der Waals surface area contributed by atoms with E-state index in [4.69, 9.17) is 9.47 Å². The molecule has 0 heterocycles. The molecule has 1 atom stereocenters. The number of likely N-dealkylation sites (N-methyl/N-ethyl adjacent to an activating group) is 1. The first-order chi connectivity index (χ1) is 14.1. The maximum absolute atomic E-state index is 12.5. The van der Waals surface area contributed by atoms with Gasteiger partial charge in [-0.1, -0.05) is 25.1 Å². The van der Waals surface area contributed by atoms with Crippen molar-refractivity contribution in [3.05, 3.63) is 35.9 Å². The predicted octanol–water partition coefficient (Wildman–Crippen LogP) is 1.77. The van der Waals surface area contributed by atoms with Gasteiger partial charge in [-0.15, -0.1) is 0 Å². The first-order valence-corrected chi connectivity index (χ1v) is 9.90. The van der Waals surface area contributed by atoms with E-state index in [-0.39, 0.29) is 24.3 Å². The second-order valence-electron chi connectivity index (χ2n) is 7.52. The van der Waals surface area contributed by atoms with Crippen LogP contribution in [-0.4, -0.2) is 55.2 Å². The van der Waals surface area contributed by atoms with Crippen LogP contribution in [0.15, 0.2) is 30.3 Å². The summed E-state index contributed by atoms with van der Waals surface area (Å²) in [5.74, 6) is -2.09. The van der Waals surface area contributed by atoms with Gasteiger partial charge < -0.3 is 25.4 Å². The van der Waals surface area contributed by atoms with Gasteiger partial charge in [-0.05, 0) is 45.9 Å². The summed E-state index contributed by atoms with van der Waals surface area (Å²) in [6, 6.07) is 6.78. The van der Waals surface area contributed by atoms with E-state index in [0.29, 0.717) is 13.1 Å². The maximum Gasteiger partial charge on any atom is 0.408 e. The number of rotatable bonds is 10. The van der Waals surface area contributed by atoms with E-state index in [9.17, 15) is 19.2 Å². The van der Waals surface area contributed by atoms with E-state index in [0.717, 1.165) is 6.54 Å². The van der Waals surface area contributed by atoms with Crippen molar-refractivity contribution >= 4 is 23.9 Å².